The van der Waals surface area contributed by atoms with E-state index in [9.17, 15) is 14.4 Å². The summed E-state index contributed by atoms with van der Waals surface area (Å²) in [5.41, 5.74) is 10.0. The van der Waals surface area contributed by atoms with Crippen molar-refractivity contribution >= 4 is 17.7 Å². The van der Waals surface area contributed by atoms with Gasteiger partial charge in [0.15, 0.2) is 0 Å². The largest absolute Gasteiger partial charge is 0.368 e. The van der Waals surface area contributed by atoms with E-state index < -0.39 is 11.8 Å². The molecule has 0 bridgehead atoms. The van der Waals surface area contributed by atoms with Gasteiger partial charge in [-0.2, -0.15) is 0 Å². The van der Waals surface area contributed by atoms with Crippen molar-refractivity contribution in [2.45, 2.75) is 31.7 Å². The summed E-state index contributed by atoms with van der Waals surface area (Å²) in [7, 11) is 0. The highest BCUT2D eigenvalue weighted by atomic mass is 16.2. The van der Waals surface area contributed by atoms with Crippen LogP contribution < -0.4 is 16.8 Å². The first-order chi connectivity index (χ1) is 8.49. The molecule has 18 heavy (non-hydrogen) atoms. The Morgan fingerprint density at radius 1 is 1.06 bits per heavy atom. The smallest absolute Gasteiger partial charge is 0.237 e. The number of carbonyl (C=O) groups excluding carboxylic acids is 3. The Balaban J connectivity index is 2.41. The Hall–Kier alpha value is -1.63. The lowest BCUT2D eigenvalue weighted by molar-refractivity contribution is -0.137. The molecule has 1 aliphatic carbocycles. The van der Waals surface area contributed by atoms with Crippen molar-refractivity contribution in [1.29, 1.82) is 0 Å². The van der Waals surface area contributed by atoms with Crippen molar-refractivity contribution in [2.24, 2.45) is 11.5 Å². The Bertz CT molecular complexity index is 310. The Labute approximate surface area is 106 Å². The molecule has 1 rings (SSSR count). The molecule has 0 saturated heterocycles. The van der Waals surface area contributed by atoms with Gasteiger partial charge in [0.25, 0.3) is 0 Å². The molecular formula is C11H20N4O3. The molecule has 0 aromatic carbocycles. The van der Waals surface area contributed by atoms with Gasteiger partial charge >= 0.3 is 0 Å². The number of amides is 3. The first kappa shape index (κ1) is 14.4. The van der Waals surface area contributed by atoms with Crippen LogP contribution in [0, 0.1) is 0 Å². The molecule has 0 atom stereocenters. The summed E-state index contributed by atoms with van der Waals surface area (Å²) in [5, 5.41) is 3.11. The molecule has 1 saturated carbocycles. The monoisotopic (exact) mass is 256 g/mol. The topological polar surface area (TPSA) is 119 Å². The molecule has 1 aliphatic rings. The van der Waals surface area contributed by atoms with Gasteiger partial charge in [-0.15, -0.1) is 0 Å². The van der Waals surface area contributed by atoms with Crippen LogP contribution in [0.1, 0.15) is 25.7 Å². The third-order valence-corrected chi connectivity index (χ3v) is 2.94. The van der Waals surface area contributed by atoms with E-state index in [0.717, 1.165) is 30.6 Å². The summed E-state index contributed by atoms with van der Waals surface area (Å²) >= 11 is 0. The predicted octanol–water partition coefficient (Wildman–Crippen LogP) is -1.68. The van der Waals surface area contributed by atoms with Crippen LogP contribution >= 0.6 is 0 Å². The van der Waals surface area contributed by atoms with Crippen LogP contribution in [-0.2, 0) is 14.4 Å². The van der Waals surface area contributed by atoms with Crippen molar-refractivity contribution in [3.63, 3.8) is 0 Å². The number of nitrogens with zero attached hydrogens (tertiary/aromatic N) is 1. The number of carbonyl (C=O) groups is 3. The standard InChI is InChI=1S/C11H20N4O3/c12-9(16)6-15(7-10(13)17)11(18)5-14-8-3-1-2-4-8/h8,14H,1-7H2,(H2,12,16)(H2,13,17). The predicted molar refractivity (Wildman–Crippen MR) is 65.2 cm³/mol. The second-order valence-corrected chi connectivity index (χ2v) is 4.54. The number of nitrogens with two attached hydrogens (primary N) is 2. The molecule has 7 heteroatoms. The second kappa shape index (κ2) is 6.95. The lowest BCUT2D eigenvalue weighted by Gasteiger charge is -2.21. The minimum atomic E-state index is -0.662. The normalized spacial score (nSPS) is 15.6. The molecule has 0 unspecified atom stereocenters. The van der Waals surface area contributed by atoms with Crippen molar-refractivity contribution in [3.05, 3.63) is 0 Å². The van der Waals surface area contributed by atoms with E-state index in [1.54, 1.807) is 0 Å². The fourth-order valence-electron chi connectivity index (χ4n) is 2.08. The molecular weight excluding hydrogens is 236 g/mol. The van der Waals surface area contributed by atoms with Gasteiger partial charge in [0.1, 0.15) is 0 Å². The van der Waals surface area contributed by atoms with Crippen LogP contribution in [0.2, 0.25) is 0 Å². The zero-order valence-corrected chi connectivity index (χ0v) is 10.4. The van der Waals surface area contributed by atoms with Gasteiger partial charge in [0.05, 0.1) is 19.6 Å². The maximum Gasteiger partial charge on any atom is 0.237 e. The lowest BCUT2D eigenvalue weighted by Crippen LogP contribution is -2.47. The molecule has 0 spiro atoms. The quantitative estimate of drug-likeness (QED) is 0.504. The Morgan fingerprint density at radius 3 is 2.00 bits per heavy atom. The molecule has 7 nitrogen and oxygen atoms in total. The Kier molecular flexibility index (Phi) is 5.57. The minimum Gasteiger partial charge on any atom is -0.368 e. The number of primary amides is 2. The minimum absolute atomic E-state index is 0.102. The van der Waals surface area contributed by atoms with Crippen molar-refractivity contribution in [2.75, 3.05) is 19.6 Å². The van der Waals surface area contributed by atoms with Gasteiger partial charge in [-0.1, -0.05) is 12.8 Å². The molecule has 0 aromatic rings. The zero-order chi connectivity index (χ0) is 13.5. The molecule has 5 N–H and O–H groups in total. The van der Waals surface area contributed by atoms with Crippen LogP contribution in [0.4, 0.5) is 0 Å². The summed E-state index contributed by atoms with van der Waals surface area (Å²) in [6.45, 7) is -0.465. The summed E-state index contributed by atoms with van der Waals surface area (Å²) in [4.78, 5) is 34.5. The number of hydrogen-bond acceptors (Lipinski definition) is 4. The first-order valence-corrected chi connectivity index (χ1v) is 6.07. The molecule has 1 fully saturated rings. The van der Waals surface area contributed by atoms with Gasteiger partial charge in [-0.05, 0) is 12.8 Å². The van der Waals surface area contributed by atoms with E-state index in [2.05, 4.69) is 5.32 Å². The van der Waals surface area contributed by atoms with Crippen LogP contribution in [-0.4, -0.2) is 48.3 Å². The maximum absolute atomic E-state index is 11.8. The highest BCUT2D eigenvalue weighted by Crippen LogP contribution is 2.17. The van der Waals surface area contributed by atoms with Crippen LogP contribution in [0.3, 0.4) is 0 Å². The van der Waals surface area contributed by atoms with E-state index >= 15 is 0 Å². The fourth-order valence-corrected chi connectivity index (χ4v) is 2.08. The van der Waals surface area contributed by atoms with Gasteiger partial charge in [-0.25, -0.2) is 0 Å². The van der Waals surface area contributed by atoms with Crippen molar-refractivity contribution < 1.29 is 14.4 Å². The molecule has 0 heterocycles. The average molecular weight is 256 g/mol. The highest BCUT2D eigenvalue weighted by Gasteiger charge is 2.20. The van der Waals surface area contributed by atoms with E-state index in [1.165, 1.54) is 0 Å². The summed E-state index contributed by atoms with van der Waals surface area (Å²) in [6.07, 6.45) is 4.44. The highest BCUT2D eigenvalue weighted by molar-refractivity contribution is 5.88. The third-order valence-electron chi connectivity index (χ3n) is 2.94. The maximum atomic E-state index is 11.8. The van der Waals surface area contributed by atoms with Crippen LogP contribution in [0.5, 0.6) is 0 Å². The molecule has 0 radical (unpaired) electrons. The average Bonchev–Trinajstić information content (AvgIpc) is 2.76. The molecule has 0 aliphatic heterocycles. The summed E-state index contributed by atoms with van der Waals surface area (Å²) in [6, 6.07) is 0.345. The van der Waals surface area contributed by atoms with Gasteiger partial charge < -0.3 is 21.7 Å². The van der Waals surface area contributed by atoms with Crippen LogP contribution in [0.25, 0.3) is 0 Å². The fraction of sp³-hybridized carbons (Fsp3) is 0.727. The van der Waals surface area contributed by atoms with Crippen molar-refractivity contribution in [1.82, 2.24) is 10.2 Å². The summed E-state index contributed by atoms with van der Waals surface area (Å²) < 4.78 is 0. The van der Waals surface area contributed by atoms with E-state index in [-0.39, 0.29) is 25.5 Å². The van der Waals surface area contributed by atoms with E-state index in [1.807, 2.05) is 0 Å². The lowest BCUT2D eigenvalue weighted by atomic mass is 10.2. The van der Waals surface area contributed by atoms with Gasteiger partial charge in [0.2, 0.25) is 17.7 Å². The second-order valence-electron chi connectivity index (χ2n) is 4.54. The number of rotatable bonds is 7. The van der Waals surface area contributed by atoms with E-state index in [0.29, 0.717) is 6.04 Å². The van der Waals surface area contributed by atoms with Gasteiger partial charge in [0, 0.05) is 6.04 Å². The Morgan fingerprint density at radius 2 is 1.56 bits per heavy atom. The van der Waals surface area contributed by atoms with Crippen molar-refractivity contribution in [3.8, 4) is 0 Å². The first-order valence-electron chi connectivity index (χ1n) is 6.07. The molecule has 3 amide bonds. The van der Waals surface area contributed by atoms with E-state index in [4.69, 9.17) is 11.5 Å². The number of nitrogens with one attached hydrogen (secondary N) is 1. The molecule has 0 aromatic heterocycles. The SMILES string of the molecule is NC(=O)CN(CC(N)=O)C(=O)CNC1CCCC1. The summed E-state index contributed by atoms with van der Waals surface area (Å²) in [5.74, 6) is -1.66. The zero-order valence-electron chi connectivity index (χ0n) is 10.4. The van der Waals surface area contributed by atoms with Crippen LogP contribution in [0.15, 0.2) is 0 Å². The third kappa shape index (κ3) is 5.13. The number of hydrogen-bond donors (Lipinski definition) is 3. The van der Waals surface area contributed by atoms with Gasteiger partial charge in [-0.3, -0.25) is 14.4 Å². The molecule has 102 valence electrons.